The molecule has 2 saturated carbocycles. The van der Waals surface area contributed by atoms with E-state index in [9.17, 15) is 9.59 Å². The second-order valence-corrected chi connectivity index (χ2v) is 9.75. The minimum absolute atomic E-state index is 0.00959. The molecule has 0 N–H and O–H groups in total. The summed E-state index contributed by atoms with van der Waals surface area (Å²) in [4.78, 5) is 27.1. The zero-order valence-electron chi connectivity index (χ0n) is 17.6. The fraction of sp³-hybridized carbons (Fsp3) is 0.818. The first kappa shape index (κ1) is 20.0. The lowest BCUT2D eigenvalue weighted by atomic mass is 9.44. The third-order valence-electron chi connectivity index (χ3n) is 7.89. The van der Waals surface area contributed by atoms with E-state index in [0.717, 1.165) is 19.3 Å². The van der Waals surface area contributed by atoms with E-state index >= 15 is 0 Å². The summed E-state index contributed by atoms with van der Waals surface area (Å²) in [5.74, 6) is -0.248. The predicted molar refractivity (Wildman–Crippen MR) is 101 cm³/mol. The smallest absolute Gasteiger partial charge is 0.329 e. The summed E-state index contributed by atoms with van der Waals surface area (Å²) in [6.07, 6.45) is 4.56. The van der Waals surface area contributed by atoms with Crippen LogP contribution in [-0.4, -0.2) is 44.0 Å². The van der Waals surface area contributed by atoms with E-state index in [1.807, 2.05) is 13.8 Å². The van der Waals surface area contributed by atoms with Crippen molar-refractivity contribution >= 4 is 11.8 Å². The Hall–Kier alpha value is -1.24. The molecular formula is C22H32O6. The molecule has 0 aromatic rings. The molecule has 6 nitrogen and oxygen atoms in total. The number of ether oxygens (including phenoxy) is 4. The molecule has 2 heterocycles. The van der Waals surface area contributed by atoms with Gasteiger partial charge in [0.1, 0.15) is 5.76 Å². The van der Waals surface area contributed by atoms with Crippen LogP contribution in [-0.2, 0) is 28.5 Å². The van der Waals surface area contributed by atoms with E-state index < -0.39 is 17.0 Å². The van der Waals surface area contributed by atoms with Gasteiger partial charge >= 0.3 is 5.97 Å². The summed E-state index contributed by atoms with van der Waals surface area (Å²) in [6, 6.07) is 0. The highest BCUT2D eigenvalue weighted by Crippen LogP contribution is 2.64. The molecule has 2 bridgehead atoms. The van der Waals surface area contributed by atoms with Crippen LogP contribution >= 0.6 is 0 Å². The minimum atomic E-state index is -1.24. The van der Waals surface area contributed by atoms with Gasteiger partial charge in [0.05, 0.1) is 18.8 Å². The first-order valence-electron chi connectivity index (χ1n) is 10.4. The van der Waals surface area contributed by atoms with Crippen LogP contribution in [0.25, 0.3) is 0 Å². The molecule has 0 unspecified atom stereocenters. The second kappa shape index (κ2) is 6.64. The molecule has 1 saturated heterocycles. The molecule has 2 aliphatic heterocycles. The Balaban J connectivity index is 1.78. The number of Topliss-reactive ketones (excluding diaryl/α,β-unsaturated/α-hetero) is 1. The van der Waals surface area contributed by atoms with Crippen molar-refractivity contribution in [3.63, 3.8) is 0 Å². The molecule has 0 aromatic carbocycles. The lowest BCUT2D eigenvalue weighted by molar-refractivity contribution is -0.184. The number of carbonyl (C=O) groups excluding carboxylic acids is 2. The van der Waals surface area contributed by atoms with Crippen LogP contribution in [0.15, 0.2) is 11.8 Å². The van der Waals surface area contributed by atoms with Gasteiger partial charge in [-0.25, -0.2) is 0 Å². The van der Waals surface area contributed by atoms with Crippen LogP contribution in [0.3, 0.4) is 0 Å². The molecule has 2 aliphatic carbocycles. The van der Waals surface area contributed by atoms with E-state index in [1.54, 1.807) is 20.1 Å². The van der Waals surface area contributed by atoms with Crippen LogP contribution in [0, 0.1) is 28.6 Å². The van der Waals surface area contributed by atoms with Crippen LogP contribution in [0.5, 0.6) is 0 Å². The van der Waals surface area contributed by atoms with Crippen molar-refractivity contribution in [2.24, 2.45) is 28.6 Å². The number of methoxy groups -OCH3 is 1. The molecular weight excluding hydrogens is 360 g/mol. The Labute approximate surface area is 166 Å². The molecule has 0 amide bonds. The number of ketones is 1. The summed E-state index contributed by atoms with van der Waals surface area (Å²) < 4.78 is 22.6. The van der Waals surface area contributed by atoms with Gasteiger partial charge in [0.25, 0.3) is 0 Å². The van der Waals surface area contributed by atoms with E-state index in [-0.39, 0.29) is 35.2 Å². The number of fused-ring (bicyclic) bond motifs is 2. The number of cyclic esters (lactones) is 1. The van der Waals surface area contributed by atoms with Gasteiger partial charge in [-0.05, 0) is 63.4 Å². The minimum Gasteiger partial charge on any atom is -0.431 e. The maximum atomic E-state index is 13.9. The van der Waals surface area contributed by atoms with E-state index in [1.165, 1.54) is 0 Å². The Kier molecular flexibility index (Phi) is 4.76. The first-order valence-corrected chi connectivity index (χ1v) is 10.4. The Morgan fingerprint density at radius 3 is 2.50 bits per heavy atom. The Morgan fingerprint density at radius 2 is 1.93 bits per heavy atom. The molecule has 0 aromatic heterocycles. The average Bonchev–Trinajstić information content (AvgIpc) is 3.25. The van der Waals surface area contributed by atoms with Crippen LogP contribution in [0.4, 0.5) is 0 Å². The Bertz CT molecular complexity index is 706. The highest BCUT2D eigenvalue weighted by molar-refractivity contribution is 6.10. The van der Waals surface area contributed by atoms with Gasteiger partial charge in [0.15, 0.2) is 17.5 Å². The number of esters is 1. The van der Waals surface area contributed by atoms with E-state index in [2.05, 4.69) is 6.92 Å². The molecule has 1 spiro atoms. The third-order valence-corrected chi connectivity index (χ3v) is 7.89. The topological polar surface area (TPSA) is 71.1 Å². The lowest BCUT2D eigenvalue weighted by Gasteiger charge is -2.58. The largest absolute Gasteiger partial charge is 0.431 e. The van der Waals surface area contributed by atoms with Crippen LogP contribution in [0.1, 0.15) is 53.4 Å². The predicted octanol–water partition coefficient (Wildman–Crippen LogP) is 3.24. The summed E-state index contributed by atoms with van der Waals surface area (Å²) in [5.41, 5.74) is -1.82. The SMILES string of the molecule is COC(C)(C)[C@@H]1CC[C@@]2(C)C[C@@H]1C(=O)[C@@]1(C=C(C)OC1=O)[C@@H]2CC1OCCO1. The zero-order chi connectivity index (χ0) is 20.3. The number of hydrogen-bond donors (Lipinski definition) is 0. The highest BCUT2D eigenvalue weighted by Gasteiger charge is 2.68. The molecule has 156 valence electrons. The van der Waals surface area contributed by atoms with Crippen molar-refractivity contribution in [3.8, 4) is 0 Å². The molecule has 3 fully saturated rings. The molecule has 4 aliphatic rings. The van der Waals surface area contributed by atoms with Gasteiger partial charge < -0.3 is 18.9 Å². The normalized spacial score (nSPS) is 41.5. The van der Waals surface area contributed by atoms with Crippen molar-refractivity contribution < 1.29 is 28.5 Å². The molecule has 5 atom stereocenters. The van der Waals surface area contributed by atoms with Crippen molar-refractivity contribution in [3.05, 3.63) is 11.8 Å². The number of allylic oxidation sites excluding steroid dienone is 1. The quantitative estimate of drug-likeness (QED) is 0.540. The van der Waals surface area contributed by atoms with Crippen molar-refractivity contribution in [1.29, 1.82) is 0 Å². The van der Waals surface area contributed by atoms with Gasteiger partial charge in [-0.2, -0.15) is 0 Å². The molecule has 28 heavy (non-hydrogen) atoms. The summed E-state index contributed by atoms with van der Waals surface area (Å²) in [6.45, 7) is 9.17. The Morgan fingerprint density at radius 1 is 1.25 bits per heavy atom. The monoisotopic (exact) mass is 392 g/mol. The summed E-state index contributed by atoms with van der Waals surface area (Å²) in [5, 5.41) is 0. The van der Waals surface area contributed by atoms with Gasteiger partial charge in [0, 0.05) is 19.4 Å². The highest BCUT2D eigenvalue weighted by atomic mass is 16.7. The summed E-state index contributed by atoms with van der Waals surface area (Å²) in [7, 11) is 1.70. The third kappa shape index (κ3) is 2.79. The zero-order valence-corrected chi connectivity index (χ0v) is 17.6. The van der Waals surface area contributed by atoms with Crippen molar-refractivity contribution in [2.75, 3.05) is 20.3 Å². The van der Waals surface area contributed by atoms with E-state index in [0.29, 0.717) is 25.4 Å². The van der Waals surface area contributed by atoms with Crippen molar-refractivity contribution in [1.82, 2.24) is 0 Å². The fourth-order valence-electron chi connectivity index (χ4n) is 6.30. The second-order valence-electron chi connectivity index (χ2n) is 9.75. The fourth-order valence-corrected chi connectivity index (χ4v) is 6.30. The standard InChI is InChI=1S/C22H32O6/c1-13-11-22(19(24)28-13)16(10-17-26-8-9-27-17)21(4)7-6-15(20(2,3)25-5)14(12-21)18(22)23/h11,14-17H,6-10,12H2,1-5H3/t14-,15+,16+,21-,22+/m0/s1. The van der Waals surface area contributed by atoms with Gasteiger partial charge in [-0.15, -0.1) is 0 Å². The number of rotatable bonds is 4. The molecule has 4 rings (SSSR count). The number of carbonyl (C=O) groups is 2. The van der Waals surface area contributed by atoms with Gasteiger partial charge in [0.2, 0.25) is 0 Å². The first-order chi connectivity index (χ1) is 13.1. The van der Waals surface area contributed by atoms with Crippen LogP contribution < -0.4 is 0 Å². The van der Waals surface area contributed by atoms with Gasteiger partial charge in [-0.3, -0.25) is 9.59 Å². The van der Waals surface area contributed by atoms with Crippen molar-refractivity contribution in [2.45, 2.75) is 65.3 Å². The van der Waals surface area contributed by atoms with E-state index in [4.69, 9.17) is 18.9 Å². The summed E-state index contributed by atoms with van der Waals surface area (Å²) >= 11 is 0. The molecule has 0 radical (unpaired) electrons. The van der Waals surface area contributed by atoms with Gasteiger partial charge in [-0.1, -0.05) is 6.92 Å². The lowest BCUT2D eigenvalue weighted by Crippen LogP contribution is -2.62. The average molecular weight is 392 g/mol. The molecule has 6 heteroatoms. The maximum absolute atomic E-state index is 13.9. The maximum Gasteiger partial charge on any atom is 0.329 e. The number of hydrogen-bond acceptors (Lipinski definition) is 6. The van der Waals surface area contributed by atoms with Crippen LogP contribution in [0.2, 0.25) is 0 Å².